The number of nitriles is 1. The number of carbonyl (C=O) groups excluding carboxylic acids is 1. The molecule has 1 rings (SSSR count). The molecule has 0 bridgehead atoms. The minimum atomic E-state index is 0.0432. The highest BCUT2D eigenvalue weighted by Gasteiger charge is 2.23. The predicted octanol–water partition coefficient (Wildman–Crippen LogP) is 0.480. The molecule has 1 aliphatic rings. The van der Waals surface area contributed by atoms with Gasteiger partial charge in [-0.25, -0.2) is 0 Å². The quantitative estimate of drug-likeness (QED) is 0.647. The van der Waals surface area contributed by atoms with E-state index >= 15 is 0 Å². The summed E-state index contributed by atoms with van der Waals surface area (Å²) in [6.07, 6.45) is 5.12. The van der Waals surface area contributed by atoms with Crippen LogP contribution in [0, 0.1) is 11.3 Å². The van der Waals surface area contributed by atoms with E-state index in [0.29, 0.717) is 25.6 Å². The fourth-order valence-electron chi connectivity index (χ4n) is 2.40. The van der Waals surface area contributed by atoms with E-state index in [0.717, 1.165) is 19.5 Å². The average molecular weight is 252 g/mol. The summed E-state index contributed by atoms with van der Waals surface area (Å²) in [5.74, 6) is 0.0432. The van der Waals surface area contributed by atoms with E-state index in [1.807, 2.05) is 13.1 Å². The molecule has 1 unspecified atom stereocenters. The van der Waals surface area contributed by atoms with E-state index < -0.39 is 0 Å². The molecule has 0 spiro atoms. The summed E-state index contributed by atoms with van der Waals surface area (Å²) in [6.45, 7) is 2.95. The number of likely N-dealkylation sites (tertiary alicyclic amines) is 1. The molecule has 18 heavy (non-hydrogen) atoms. The lowest BCUT2D eigenvalue weighted by Crippen LogP contribution is -2.46. The van der Waals surface area contributed by atoms with Gasteiger partial charge in [0.15, 0.2) is 0 Å². The average Bonchev–Trinajstić information content (AvgIpc) is 2.38. The van der Waals surface area contributed by atoms with Crippen molar-refractivity contribution in [3.05, 3.63) is 0 Å². The predicted molar refractivity (Wildman–Crippen MR) is 71.0 cm³/mol. The fraction of sp³-hybridized carbons (Fsp3) is 0.846. The first-order valence-electron chi connectivity index (χ1n) is 6.80. The van der Waals surface area contributed by atoms with Gasteiger partial charge in [0.05, 0.1) is 19.0 Å². The van der Waals surface area contributed by atoms with Crippen LogP contribution in [0.2, 0.25) is 0 Å². The standard InChI is InChI=1S/C13H24N4O/c1-15-9-6-12-5-2-3-10-17(12)11-13(18)16-8-4-7-14/h12,15H,2-6,8-11H2,1H3,(H,16,18). The minimum absolute atomic E-state index is 0.0432. The van der Waals surface area contributed by atoms with Crippen LogP contribution in [-0.2, 0) is 4.79 Å². The van der Waals surface area contributed by atoms with Crippen LogP contribution in [0.4, 0.5) is 0 Å². The summed E-state index contributed by atoms with van der Waals surface area (Å²) in [6, 6.07) is 2.55. The second-order valence-corrected chi connectivity index (χ2v) is 4.77. The van der Waals surface area contributed by atoms with E-state index in [1.54, 1.807) is 0 Å². The van der Waals surface area contributed by atoms with Crippen molar-refractivity contribution in [2.24, 2.45) is 0 Å². The number of amides is 1. The van der Waals surface area contributed by atoms with Gasteiger partial charge in [0.25, 0.3) is 0 Å². The molecule has 0 radical (unpaired) electrons. The van der Waals surface area contributed by atoms with Gasteiger partial charge in [0.2, 0.25) is 5.91 Å². The molecule has 102 valence electrons. The summed E-state index contributed by atoms with van der Waals surface area (Å²) in [7, 11) is 1.96. The number of rotatable bonds is 7. The zero-order valence-corrected chi connectivity index (χ0v) is 11.2. The Labute approximate surface area is 110 Å². The Balaban J connectivity index is 2.32. The van der Waals surface area contributed by atoms with Gasteiger partial charge in [-0.2, -0.15) is 5.26 Å². The van der Waals surface area contributed by atoms with Gasteiger partial charge >= 0.3 is 0 Å². The number of nitrogens with one attached hydrogen (secondary N) is 2. The van der Waals surface area contributed by atoms with Crippen LogP contribution in [0.1, 0.15) is 32.1 Å². The summed E-state index contributed by atoms with van der Waals surface area (Å²) in [5.41, 5.74) is 0. The SMILES string of the molecule is CNCCC1CCCCN1CC(=O)NCCC#N. The number of nitrogens with zero attached hydrogens (tertiary/aromatic N) is 2. The molecule has 2 N–H and O–H groups in total. The molecular weight excluding hydrogens is 228 g/mol. The van der Waals surface area contributed by atoms with Crippen LogP contribution in [0.5, 0.6) is 0 Å². The maximum absolute atomic E-state index is 11.7. The fourth-order valence-corrected chi connectivity index (χ4v) is 2.40. The van der Waals surface area contributed by atoms with Crippen molar-refractivity contribution in [1.29, 1.82) is 5.26 Å². The Hall–Kier alpha value is -1.12. The number of hydrogen-bond donors (Lipinski definition) is 2. The van der Waals surface area contributed by atoms with Crippen molar-refractivity contribution < 1.29 is 4.79 Å². The zero-order valence-electron chi connectivity index (χ0n) is 11.2. The second kappa shape index (κ2) is 8.90. The first-order chi connectivity index (χ1) is 8.77. The van der Waals surface area contributed by atoms with Gasteiger partial charge in [-0.05, 0) is 39.4 Å². The summed E-state index contributed by atoms with van der Waals surface area (Å²) in [4.78, 5) is 14.0. The molecule has 0 saturated carbocycles. The van der Waals surface area contributed by atoms with Crippen LogP contribution in [0.3, 0.4) is 0 Å². The highest BCUT2D eigenvalue weighted by atomic mass is 16.2. The lowest BCUT2D eigenvalue weighted by molar-refractivity contribution is -0.123. The summed E-state index contributed by atoms with van der Waals surface area (Å²) < 4.78 is 0. The van der Waals surface area contributed by atoms with Crippen LogP contribution in [-0.4, -0.2) is 50.1 Å². The van der Waals surface area contributed by atoms with Crippen LogP contribution in [0.15, 0.2) is 0 Å². The van der Waals surface area contributed by atoms with E-state index in [1.165, 1.54) is 19.3 Å². The maximum Gasteiger partial charge on any atom is 0.234 e. The van der Waals surface area contributed by atoms with Crippen molar-refractivity contribution >= 4 is 5.91 Å². The van der Waals surface area contributed by atoms with Crippen LogP contribution in [0.25, 0.3) is 0 Å². The molecule has 0 aromatic carbocycles. The highest BCUT2D eigenvalue weighted by Crippen LogP contribution is 2.18. The molecule has 0 aliphatic carbocycles. The Bertz CT molecular complexity index is 287. The molecule has 1 fully saturated rings. The number of hydrogen-bond acceptors (Lipinski definition) is 4. The van der Waals surface area contributed by atoms with Crippen molar-refractivity contribution in [2.75, 3.05) is 33.2 Å². The van der Waals surface area contributed by atoms with Gasteiger partial charge < -0.3 is 10.6 Å². The first-order valence-corrected chi connectivity index (χ1v) is 6.80. The molecule has 0 aromatic heterocycles. The monoisotopic (exact) mass is 252 g/mol. The lowest BCUT2D eigenvalue weighted by Gasteiger charge is -2.35. The second-order valence-electron chi connectivity index (χ2n) is 4.77. The van der Waals surface area contributed by atoms with E-state index in [2.05, 4.69) is 15.5 Å². The molecule has 5 heteroatoms. The first kappa shape index (κ1) is 14.9. The third-order valence-electron chi connectivity index (χ3n) is 3.38. The minimum Gasteiger partial charge on any atom is -0.354 e. The molecule has 0 aromatic rings. The molecule has 1 amide bonds. The van der Waals surface area contributed by atoms with E-state index in [9.17, 15) is 4.79 Å². The molecule has 5 nitrogen and oxygen atoms in total. The highest BCUT2D eigenvalue weighted by molar-refractivity contribution is 5.78. The van der Waals surface area contributed by atoms with Gasteiger partial charge in [-0.3, -0.25) is 9.69 Å². The van der Waals surface area contributed by atoms with E-state index in [-0.39, 0.29) is 5.91 Å². The summed E-state index contributed by atoms with van der Waals surface area (Å²) >= 11 is 0. The third-order valence-corrected chi connectivity index (χ3v) is 3.38. The molecule has 1 heterocycles. The smallest absolute Gasteiger partial charge is 0.234 e. The number of piperidine rings is 1. The molecule has 1 saturated heterocycles. The van der Waals surface area contributed by atoms with Crippen molar-refractivity contribution in [1.82, 2.24) is 15.5 Å². The van der Waals surface area contributed by atoms with Crippen LogP contribution < -0.4 is 10.6 Å². The molecule has 1 aliphatic heterocycles. The zero-order chi connectivity index (χ0) is 13.2. The maximum atomic E-state index is 11.7. The molecule has 1 atom stereocenters. The van der Waals surface area contributed by atoms with Crippen molar-refractivity contribution in [3.63, 3.8) is 0 Å². The Morgan fingerprint density at radius 1 is 1.44 bits per heavy atom. The molecular formula is C13H24N4O. The van der Waals surface area contributed by atoms with Crippen molar-refractivity contribution in [3.8, 4) is 6.07 Å². The Morgan fingerprint density at radius 3 is 3.00 bits per heavy atom. The number of carbonyl (C=O) groups is 1. The largest absolute Gasteiger partial charge is 0.354 e. The van der Waals surface area contributed by atoms with Gasteiger partial charge in [0, 0.05) is 12.6 Å². The third kappa shape index (κ3) is 5.48. The van der Waals surface area contributed by atoms with Gasteiger partial charge in [0.1, 0.15) is 0 Å². The van der Waals surface area contributed by atoms with Gasteiger partial charge in [-0.15, -0.1) is 0 Å². The topological polar surface area (TPSA) is 68.2 Å². The normalized spacial score (nSPS) is 20.3. The van der Waals surface area contributed by atoms with E-state index in [4.69, 9.17) is 5.26 Å². The van der Waals surface area contributed by atoms with Gasteiger partial charge in [-0.1, -0.05) is 6.42 Å². The Kier molecular flexibility index (Phi) is 7.38. The Morgan fingerprint density at radius 2 is 2.28 bits per heavy atom. The summed E-state index contributed by atoms with van der Waals surface area (Å²) in [5, 5.41) is 14.4. The van der Waals surface area contributed by atoms with Crippen molar-refractivity contribution in [2.45, 2.75) is 38.1 Å². The van der Waals surface area contributed by atoms with Crippen LogP contribution >= 0.6 is 0 Å². The lowest BCUT2D eigenvalue weighted by atomic mass is 9.99.